The Hall–Kier alpha value is -2.03. The van der Waals surface area contributed by atoms with E-state index in [0.717, 1.165) is 18.2 Å². The molecule has 2 rings (SSSR count). The van der Waals surface area contributed by atoms with Gasteiger partial charge in [0.05, 0.1) is 15.5 Å². The lowest BCUT2D eigenvalue weighted by Gasteiger charge is -2.19. The van der Waals surface area contributed by atoms with E-state index in [-0.39, 0.29) is 34.3 Å². The van der Waals surface area contributed by atoms with Crippen molar-refractivity contribution >= 4 is 33.2 Å². The van der Waals surface area contributed by atoms with Crippen molar-refractivity contribution in [3.8, 4) is 0 Å². The van der Waals surface area contributed by atoms with Crippen molar-refractivity contribution in [2.75, 3.05) is 18.4 Å². The van der Waals surface area contributed by atoms with E-state index in [1.165, 1.54) is 22.5 Å². The maximum Gasteiger partial charge on any atom is 0.257 e. The molecule has 0 spiro atoms. The van der Waals surface area contributed by atoms with Crippen molar-refractivity contribution in [2.45, 2.75) is 18.7 Å². The standard InChI is InChI=1S/C17H17ClF2N2O3S/c1-3-22(4-2)26(24,25)12-6-7-14(18)13(10-12)17(23)21-11-5-8-15(19)16(20)9-11/h5-10H,3-4H2,1-2H3,(H,21,23). The molecule has 0 saturated carbocycles. The van der Waals surface area contributed by atoms with Gasteiger partial charge in [-0.15, -0.1) is 0 Å². The normalized spacial score (nSPS) is 11.6. The summed E-state index contributed by atoms with van der Waals surface area (Å²) in [7, 11) is -3.77. The molecule has 0 aliphatic heterocycles. The molecule has 0 fully saturated rings. The van der Waals surface area contributed by atoms with E-state index in [1.807, 2.05) is 0 Å². The number of carbonyl (C=O) groups excluding carboxylic acids is 1. The summed E-state index contributed by atoms with van der Waals surface area (Å²) in [6.07, 6.45) is 0. The minimum atomic E-state index is -3.77. The van der Waals surface area contributed by atoms with Crippen molar-refractivity contribution in [1.29, 1.82) is 0 Å². The van der Waals surface area contributed by atoms with Crippen LogP contribution in [0.3, 0.4) is 0 Å². The fraction of sp³-hybridized carbons (Fsp3) is 0.235. The first-order valence-corrected chi connectivity index (χ1v) is 9.58. The summed E-state index contributed by atoms with van der Waals surface area (Å²) in [5.74, 6) is -2.90. The molecule has 5 nitrogen and oxygen atoms in total. The van der Waals surface area contributed by atoms with E-state index >= 15 is 0 Å². The number of sulfonamides is 1. The Bertz CT molecular complexity index is 932. The first-order chi connectivity index (χ1) is 12.2. The van der Waals surface area contributed by atoms with Crippen LogP contribution in [-0.2, 0) is 10.0 Å². The maximum atomic E-state index is 13.3. The molecule has 140 valence electrons. The predicted molar refractivity (Wildman–Crippen MR) is 95.9 cm³/mol. The van der Waals surface area contributed by atoms with Crippen LogP contribution in [0.2, 0.25) is 5.02 Å². The van der Waals surface area contributed by atoms with E-state index in [4.69, 9.17) is 11.6 Å². The van der Waals surface area contributed by atoms with Gasteiger partial charge in [0.1, 0.15) is 0 Å². The van der Waals surface area contributed by atoms with E-state index < -0.39 is 27.6 Å². The number of rotatable bonds is 6. The largest absolute Gasteiger partial charge is 0.322 e. The lowest BCUT2D eigenvalue weighted by molar-refractivity contribution is 0.102. The summed E-state index contributed by atoms with van der Waals surface area (Å²) < 4.78 is 52.6. The smallest absolute Gasteiger partial charge is 0.257 e. The van der Waals surface area contributed by atoms with Gasteiger partial charge in [-0.25, -0.2) is 17.2 Å². The molecule has 2 aromatic rings. The van der Waals surface area contributed by atoms with Gasteiger partial charge in [-0.2, -0.15) is 4.31 Å². The van der Waals surface area contributed by atoms with Crippen LogP contribution in [-0.4, -0.2) is 31.7 Å². The number of carbonyl (C=O) groups is 1. The monoisotopic (exact) mass is 402 g/mol. The van der Waals surface area contributed by atoms with Gasteiger partial charge < -0.3 is 5.32 Å². The molecule has 0 bridgehead atoms. The van der Waals surface area contributed by atoms with E-state index in [1.54, 1.807) is 13.8 Å². The molecule has 1 amide bonds. The average molecular weight is 403 g/mol. The van der Waals surface area contributed by atoms with Gasteiger partial charge in [0.15, 0.2) is 11.6 Å². The molecule has 0 saturated heterocycles. The number of amides is 1. The lowest BCUT2D eigenvalue weighted by atomic mass is 10.2. The summed E-state index contributed by atoms with van der Waals surface area (Å²) in [5.41, 5.74) is -0.0772. The Morgan fingerprint density at radius 1 is 1.08 bits per heavy atom. The third-order valence-electron chi connectivity index (χ3n) is 3.70. The van der Waals surface area contributed by atoms with Crippen molar-refractivity contribution in [2.24, 2.45) is 0 Å². The summed E-state index contributed by atoms with van der Waals surface area (Å²) >= 11 is 6.01. The predicted octanol–water partition coefficient (Wildman–Crippen LogP) is 3.90. The van der Waals surface area contributed by atoms with E-state index in [0.29, 0.717) is 0 Å². The van der Waals surface area contributed by atoms with Gasteiger partial charge in [0, 0.05) is 24.8 Å². The Morgan fingerprint density at radius 3 is 2.31 bits per heavy atom. The van der Waals surface area contributed by atoms with Gasteiger partial charge in [-0.05, 0) is 30.3 Å². The molecule has 26 heavy (non-hydrogen) atoms. The highest BCUT2D eigenvalue weighted by molar-refractivity contribution is 7.89. The zero-order valence-electron chi connectivity index (χ0n) is 14.1. The zero-order chi connectivity index (χ0) is 19.5. The van der Waals surface area contributed by atoms with Crippen LogP contribution in [0.1, 0.15) is 24.2 Å². The molecule has 0 aromatic heterocycles. The summed E-state index contributed by atoms with van der Waals surface area (Å²) in [6.45, 7) is 3.96. The summed E-state index contributed by atoms with van der Waals surface area (Å²) in [5, 5.41) is 2.40. The molecule has 9 heteroatoms. The minimum absolute atomic E-state index is 0.0157. The summed E-state index contributed by atoms with van der Waals surface area (Å²) in [6, 6.07) is 6.64. The SMILES string of the molecule is CCN(CC)S(=O)(=O)c1ccc(Cl)c(C(=O)Nc2ccc(F)c(F)c2)c1. The molecule has 0 aliphatic rings. The Morgan fingerprint density at radius 2 is 1.73 bits per heavy atom. The number of nitrogens with one attached hydrogen (secondary N) is 1. The molecule has 0 atom stereocenters. The Labute approximate surface area is 155 Å². The molecule has 0 radical (unpaired) electrons. The Balaban J connectivity index is 2.37. The van der Waals surface area contributed by atoms with E-state index in [9.17, 15) is 22.0 Å². The number of benzene rings is 2. The minimum Gasteiger partial charge on any atom is -0.322 e. The summed E-state index contributed by atoms with van der Waals surface area (Å²) in [4.78, 5) is 12.3. The second-order valence-electron chi connectivity index (χ2n) is 5.31. The van der Waals surface area contributed by atoms with Gasteiger partial charge in [0.2, 0.25) is 10.0 Å². The van der Waals surface area contributed by atoms with Gasteiger partial charge >= 0.3 is 0 Å². The average Bonchev–Trinajstić information content (AvgIpc) is 2.59. The second-order valence-corrected chi connectivity index (χ2v) is 7.66. The third kappa shape index (κ3) is 4.20. The number of hydrogen-bond donors (Lipinski definition) is 1. The topological polar surface area (TPSA) is 66.5 Å². The van der Waals surface area contributed by atoms with Crippen LogP contribution in [0.5, 0.6) is 0 Å². The van der Waals surface area contributed by atoms with Crippen LogP contribution in [0, 0.1) is 11.6 Å². The Kier molecular flexibility index (Phi) is 6.33. The first kappa shape index (κ1) is 20.3. The third-order valence-corrected chi connectivity index (χ3v) is 6.08. The maximum absolute atomic E-state index is 13.3. The second kappa shape index (κ2) is 8.11. The lowest BCUT2D eigenvalue weighted by Crippen LogP contribution is -2.30. The van der Waals surface area contributed by atoms with Crippen molar-refractivity contribution in [3.63, 3.8) is 0 Å². The van der Waals surface area contributed by atoms with Crippen molar-refractivity contribution < 1.29 is 22.0 Å². The van der Waals surface area contributed by atoms with Crippen molar-refractivity contribution in [3.05, 3.63) is 58.6 Å². The van der Waals surface area contributed by atoms with Crippen LogP contribution < -0.4 is 5.32 Å². The molecule has 0 unspecified atom stereocenters. The fourth-order valence-electron chi connectivity index (χ4n) is 2.32. The van der Waals surface area contributed by atoms with Gasteiger partial charge in [-0.1, -0.05) is 25.4 Å². The van der Waals surface area contributed by atoms with Crippen LogP contribution >= 0.6 is 11.6 Å². The van der Waals surface area contributed by atoms with Gasteiger partial charge in [-0.3, -0.25) is 4.79 Å². The zero-order valence-corrected chi connectivity index (χ0v) is 15.7. The number of halogens is 3. The highest BCUT2D eigenvalue weighted by Crippen LogP contribution is 2.24. The molecule has 1 N–H and O–H groups in total. The van der Waals surface area contributed by atoms with Crippen LogP contribution in [0.4, 0.5) is 14.5 Å². The molecular formula is C17H17ClF2N2O3S. The fourth-order valence-corrected chi connectivity index (χ4v) is 4.01. The van der Waals surface area contributed by atoms with Crippen molar-refractivity contribution in [1.82, 2.24) is 4.31 Å². The van der Waals surface area contributed by atoms with Crippen LogP contribution in [0.25, 0.3) is 0 Å². The number of anilines is 1. The first-order valence-electron chi connectivity index (χ1n) is 7.76. The molecular weight excluding hydrogens is 386 g/mol. The quantitative estimate of drug-likeness (QED) is 0.796. The van der Waals surface area contributed by atoms with Crippen LogP contribution in [0.15, 0.2) is 41.3 Å². The number of hydrogen-bond acceptors (Lipinski definition) is 3. The van der Waals surface area contributed by atoms with E-state index in [2.05, 4.69) is 5.32 Å². The highest BCUT2D eigenvalue weighted by Gasteiger charge is 2.24. The van der Waals surface area contributed by atoms with Gasteiger partial charge in [0.25, 0.3) is 5.91 Å². The molecule has 2 aromatic carbocycles. The highest BCUT2D eigenvalue weighted by atomic mass is 35.5. The molecule has 0 heterocycles. The molecule has 0 aliphatic carbocycles. The number of nitrogens with zero attached hydrogens (tertiary/aromatic N) is 1.